The highest BCUT2D eigenvalue weighted by atomic mass is 19.4. The summed E-state index contributed by atoms with van der Waals surface area (Å²) in [5.41, 5.74) is 2.02. The molecule has 1 amide bonds. The van der Waals surface area contributed by atoms with Crippen LogP contribution < -0.4 is 5.32 Å². The van der Waals surface area contributed by atoms with Crippen LogP contribution >= 0.6 is 0 Å². The van der Waals surface area contributed by atoms with Crippen molar-refractivity contribution in [2.75, 3.05) is 31.5 Å². The summed E-state index contributed by atoms with van der Waals surface area (Å²) >= 11 is 0. The van der Waals surface area contributed by atoms with Crippen LogP contribution in [0.4, 0.5) is 19.0 Å². The van der Waals surface area contributed by atoms with Crippen LogP contribution in [0.2, 0.25) is 0 Å². The summed E-state index contributed by atoms with van der Waals surface area (Å²) in [6.45, 7) is 3.23. The van der Waals surface area contributed by atoms with Crippen molar-refractivity contribution in [1.29, 1.82) is 0 Å². The lowest BCUT2D eigenvalue weighted by Crippen LogP contribution is -2.48. The zero-order valence-corrected chi connectivity index (χ0v) is 18.6. The molecule has 9 heteroatoms. The first-order valence-electron chi connectivity index (χ1n) is 11.4. The number of amides is 1. The summed E-state index contributed by atoms with van der Waals surface area (Å²) < 4.78 is 42.6. The molecule has 3 heterocycles. The molecule has 2 atom stereocenters. The van der Waals surface area contributed by atoms with E-state index in [1.807, 2.05) is 24.3 Å². The molecule has 0 saturated carbocycles. The largest absolute Gasteiger partial charge is 0.410 e. The smallest absolute Gasteiger partial charge is 0.363 e. The second-order valence-corrected chi connectivity index (χ2v) is 8.81. The third-order valence-corrected chi connectivity index (χ3v) is 6.52. The molecular formula is C25H26F3N5O. The Hall–Kier alpha value is -3.33. The van der Waals surface area contributed by atoms with Gasteiger partial charge in [-0.1, -0.05) is 60.7 Å². The van der Waals surface area contributed by atoms with Crippen LogP contribution in [-0.4, -0.2) is 57.8 Å². The summed E-state index contributed by atoms with van der Waals surface area (Å²) in [5, 5.41) is 7.27. The molecule has 1 fully saturated rings. The number of benzene rings is 2. The summed E-state index contributed by atoms with van der Waals surface area (Å²) in [4.78, 5) is 17.1. The Morgan fingerprint density at radius 3 is 2.26 bits per heavy atom. The van der Waals surface area contributed by atoms with Gasteiger partial charge in [-0.2, -0.15) is 18.3 Å². The molecule has 3 aromatic rings. The number of fused-ring (bicyclic) bond motifs is 1. The number of carbonyl (C=O) groups excluding carboxylic acids is 1. The maximum Gasteiger partial charge on any atom is 0.410 e. The van der Waals surface area contributed by atoms with Gasteiger partial charge in [0, 0.05) is 45.2 Å². The van der Waals surface area contributed by atoms with Crippen molar-refractivity contribution in [2.45, 2.75) is 31.2 Å². The van der Waals surface area contributed by atoms with Crippen LogP contribution in [0.15, 0.2) is 66.7 Å². The third kappa shape index (κ3) is 4.65. The van der Waals surface area contributed by atoms with E-state index in [9.17, 15) is 18.0 Å². The molecule has 6 nitrogen and oxygen atoms in total. The lowest BCUT2D eigenvalue weighted by Gasteiger charge is -2.34. The molecule has 34 heavy (non-hydrogen) atoms. The number of aromatic nitrogens is 2. The molecule has 1 saturated heterocycles. The van der Waals surface area contributed by atoms with Gasteiger partial charge in [-0.15, -0.1) is 0 Å². The Balaban J connectivity index is 1.30. The first kappa shape index (κ1) is 22.5. The molecule has 1 aromatic heterocycles. The van der Waals surface area contributed by atoms with E-state index in [-0.39, 0.29) is 23.8 Å². The van der Waals surface area contributed by atoms with Gasteiger partial charge < -0.3 is 10.2 Å². The van der Waals surface area contributed by atoms with Gasteiger partial charge >= 0.3 is 6.18 Å². The molecular weight excluding hydrogens is 443 g/mol. The zero-order valence-electron chi connectivity index (χ0n) is 18.6. The lowest BCUT2D eigenvalue weighted by molar-refractivity contribution is -0.173. The highest BCUT2D eigenvalue weighted by molar-refractivity contribution is 5.93. The van der Waals surface area contributed by atoms with E-state index < -0.39 is 18.3 Å². The molecule has 0 unspecified atom stereocenters. The standard InChI is InChI=1S/C25H26F3N5O/c26-25(27,28)22-15-20(19-9-5-2-6-10-19)29-23-16-21(30-33(22)23)24(34)32-13-11-31(12-14-32)17-18-7-3-1-4-8-18/h1-10,16,20,22,29H,11-15,17H2/t20-,22-/m1/s1. The van der Waals surface area contributed by atoms with E-state index >= 15 is 0 Å². The van der Waals surface area contributed by atoms with Crippen LogP contribution in [0.1, 0.15) is 40.1 Å². The van der Waals surface area contributed by atoms with Gasteiger partial charge in [-0.25, -0.2) is 4.68 Å². The van der Waals surface area contributed by atoms with Crippen LogP contribution in [0.25, 0.3) is 0 Å². The number of halogens is 3. The van der Waals surface area contributed by atoms with Crippen molar-refractivity contribution in [3.8, 4) is 0 Å². The van der Waals surface area contributed by atoms with Crippen molar-refractivity contribution in [1.82, 2.24) is 19.6 Å². The van der Waals surface area contributed by atoms with E-state index in [4.69, 9.17) is 0 Å². The van der Waals surface area contributed by atoms with Gasteiger partial charge in [-0.3, -0.25) is 9.69 Å². The Kier molecular flexibility index (Phi) is 6.03. The molecule has 2 aromatic carbocycles. The summed E-state index contributed by atoms with van der Waals surface area (Å²) in [6, 6.07) is 18.3. The number of rotatable bonds is 4. The SMILES string of the molecule is O=C(c1cc2n(n1)[C@@H](C(F)(F)F)C[C@H](c1ccccc1)N2)N1CCN(Cc2ccccc2)CC1. The second-order valence-electron chi connectivity index (χ2n) is 8.81. The third-order valence-electron chi connectivity index (χ3n) is 6.52. The molecule has 0 radical (unpaired) electrons. The van der Waals surface area contributed by atoms with Crippen molar-refractivity contribution in [3.05, 3.63) is 83.6 Å². The topological polar surface area (TPSA) is 53.4 Å². The molecule has 0 bridgehead atoms. The average Bonchev–Trinajstić information content (AvgIpc) is 3.28. The van der Waals surface area contributed by atoms with Crippen LogP contribution in [-0.2, 0) is 6.54 Å². The Labute approximate surface area is 196 Å². The van der Waals surface area contributed by atoms with E-state index in [1.54, 1.807) is 29.2 Å². The van der Waals surface area contributed by atoms with Crippen molar-refractivity contribution < 1.29 is 18.0 Å². The summed E-state index contributed by atoms with van der Waals surface area (Å²) in [6.07, 6.45) is -4.66. The molecule has 2 aliphatic heterocycles. The van der Waals surface area contributed by atoms with Gasteiger partial charge in [0.25, 0.3) is 5.91 Å². The Morgan fingerprint density at radius 2 is 1.62 bits per heavy atom. The van der Waals surface area contributed by atoms with E-state index in [1.165, 1.54) is 11.6 Å². The normalized spacial score (nSPS) is 21.1. The fraction of sp³-hybridized carbons (Fsp3) is 0.360. The van der Waals surface area contributed by atoms with Crippen molar-refractivity contribution in [3.63, 3.8) is 0 Å². The van der Waals surface area contributed by atoms with E-state index in [0.29, 0.717) is 26.2 Å². The molecule has 0 aliphatic carbocycles. The molecule has 178 valence electrons. The number of nitrogens with zero attached hydrogens (tertiary/aromatic N) is 4. The number of hydrogen-bond acceptors (Lipinski definition) is 4. The monoisotopic (exact) mass is 469 g/mol. The van der Waals surface area contributed by atoms with Gasteiger partial charge in [-0.05, 0) is 11.1 Å². The highest BCUT2D eigenvalue weighted by Crippen LogP contribution is 2.43. The maximum atomic E-state index is 13.9. The maximum absolute atomic E-state index is 13.9. The van der Waals surface area contributed by atoms with Crippen molar-refractivity contribution in [2.24, 2.45) is 0 Å². The number of piperazine rings is 1. The van der Waals surface area contributed by atoms with E-state index in [2.05, 4.69) is 27.4 Å². The summed E-state index contributed by atoms with van der Waals surface area (Å²) in [7, 11) is 0. The highest BCUT2D eigenvalue weighted by Gasteiger charge is 2.47. The Morgan fingerprint density at radius 1 is 0.971 bits per heavy atom. The first-order chi connectivity index (χ1) is 16.4. The first-order valence-corrected chi connectivity index (χ1v) is 11.4. The van der Waals surface area contributed by atoms with Gasteiger partial charge in [0.1, 0.15) is 5.82 Å². The van der Waals surface area contributed by atoms with Gasteiger partial charge in [0.2, 0.25) is 0 Å². The molecule has 2 aliphatic rings. The summed E-state index contributed by atoms with van der Waals surface area (Å²) in [5.74, 6) is -0.117. The number of carbonyl (C=O) groups is 1. The lowest BCUT2D eigenvalue weighted by atomic mass is 9.97. The molecule has 1 N–H and O–H groups in total. The fourth-order valence-corrected chi connectivity index (χ4v) is 4.69. The quantitative estimate of drug-likeness (QED) is 0.611. The van der Waals surface area contributed by atoms with Crippen molar-refractivity contribution >= 4 is 11.7 Å². The molecule has 5 rings (SSSR count). The minimum Gasteiger partial charge on any atom is -0.363 e. The zero-order chi connectivity index (χ0) is 23.7. The predicted molar refractivity (Wildman–Crippen MR) is 122 cm³/mol. The number of anilines is 1. The number of hydrogen-bond donors (Lipinski definition) is 1. The van der Waals surface area contributed by atoms with Crippen LogP contribution in [0.5, 0.6) is 0 Å². The molecule has 0 spiro atoms. The second kappa shape index (κ2) is 9.13. The van der Waals surface area contributed by atoms with Gasteiger partial charge in [0.05, 0.1) is 6.04 Å². The Bertz CT molecular complexity index is 1120. The van der Waals surface area contributed by atoms with Crippen LogP contribution in [0.3, 0.4) is 0 Å². The predicted octanol–water partition coefficient (Wildman–Crippen LogP) is 4.50. The van der Waals surface area contributed by atoms with Crippen LogP contribution in [0, 0.1) is 0 Å². The van der Waals surface area contributed by atoms with Gasteiger partial charge in [0.15, 0.2) is 11.7 Å². The minimum atomic E-state index is -4.47. The van der Waals surface area contributed by atoms with E-state index in [0.717, 1.165) is 16.8 Å². The fourth-order valence-electron chi connectivity index (χ4n) is 4.69. The average molecular weight is 470 g/mol. The number of nitrogens with one attached hydrogen (secondary N) is 1. The number of alkyl halides is 3. The minimum absolute atomic E-state index is 0.0435.